The molecule has 1 aromatic carbocycles. The summed E-state index contributed by atoms with van der Waals surface area (Å²) in [4.78, 5) is 3.99. The number of aromatic nitrogens is 1. The molecular formula is C9H6ClIN2. The van der Waals surface area contributed by atoms with Gasteiger partial charge in [0.25, 0.3) is 0 Å². The Kier molecular flexibility index (Phi) is 2.29. The summed E-state index contributed by atoms with van der Waals surface area (Å²) >= 11 is 8.04. The minimum atomic E-state index is 0.496. The zero-order valence-corrected chi connectivity index (χ0v) is 9.50. The fourth-order valence-electron chi connectivity index (χ4n) is 1.20. The predicted molar refractivity (Wildman–Crippen MR) is 63.9 cm³/mol. The van der Waals surface area contributed by atoms with Gasteiger partial charge in [0.15, 0.2) is 0 Å². The van der Waals surface area contributed by atoms with Gasteiger partial charge in [-0.15, -0.1) is 0 Å². The average molecular weight is 305 g/mol. The number of anilines is 1. The zero-order chi connectivity index (χ0) is 9.42. The van der Waals surface area contributed by atoms with Gasteiger partial charge in [0.1, 0.15) is 5.15 Å². The van der Waals surface area contributed by atoms with Crippen LogP contribution < -0.4 is 5.73 Å². The molecule has 0 bridgehead atoms. The van der Waals surface area contributed by atoms with Gasteiger partial charge in [0, 0.05) is 26.2 Å². The largest absolute Gasteiger partial charge is 0.398 e. The number of nitrogen functional groups attached to an aromatic ring is 1. The van der Waals surface area contributed by atoms with Crippen molar-refractivity contribution in [2.75, 3.05) is 5.73 Å². The normalized spacial score (nSPS) is 10.6. The Morgan fingerprint density at radius 3 is 2.85 bits per heavy atom. The van der Waals surface area contributed by atoms with Gasteiger partial charge in [0.05, 0.1) is 0 Å². The van der Waals surface area contributed by atoms with Gasteiger partial charge >= 0.3 is 0 Å². The number of nitrogens with two attached hydrogens (primary N) is 1. The lowest BCUT2D eigenvalue weighted by Crippen LogP contribution is -1.89. The van der Waals surface area contributed by atoms with E-state index in [4.69, 9.17) is 17.3 Å². The first-order chi connectivity index (χ1) is 6.18. The standard InChI is InChI=1S/C9H6ClIN2/c10-9-3-5-6(4-13-9)8(12)2-1-7(5)11/h1-4H,12H2. The second-order valence-electron chi connectivity index (χ2n) is 2.69. The zero-order valence-electron chi connectivity index (χ0n) is 6.59. The third-order valence-electron chi connectivity index (χ3n) is 1.85. The molecule has 1 heterocycles. The van der Waals surface area contributed by atoms with Crippen LogP contribution in [0.3, 0.4) is 0 Å². The van der Waals surface area contributed by atoms with Crippen molar-refractivity contribution in [1.82, 2.24) is 4.98 Å². The molecule has 2 nitrogen and oxygen atoms in total. The molecular weight excluding hydrogens is 298 g/mol. The maximum atomic E-state index is 5.79. The topological polar surface area (TPSA) is 38.9 Å². The van der Waals surface area contributed by atoms with Gasteiger partial charge in [-0.25, -0.2) is 4.98 Å². The first-order valence-corrected chi connectivity index (χ1v) is 5.13. The van der Waals surface area contributed by atoms with E-state index in [-0.39, 0.29) is 0 Å². The summed E-state index contributed by atoms with van der Waals surface area (Å²) in [6.45, 7) is 0. The lowest BCUT2D eigenvalue weighted by molar-refractivity contribution is 1.36. The number of hydrogen-bond donors (Lipinski definition) is 1. The molecule has 0 unspecified atom stereocenters. The number of benzene rings is 1. The van der Waals surface area contributed by atoms with Gasteiger partial charge in [-0.1, -0.05) is 11.6 Å². The van der Waals surface area contributed by atoms with Crippen LogP contribution in [0, 0.1) is 3.57 Å². The van der Waals surface area contributed by atoms with Crippen LogP contribution in [0.2, 0.25) is 5.15 Å². The van der Waals surface area contributed by atoms with Crippen LogP contribution >= 0.6 is 34.2 Å². The number of fused-ring (bicyclic) bond motifs is 1. The summed E-state index contributed by atoms with van der Waals surface area (Å²) in [6.07, 6.45) is 1.70. The van der Waals surface area contributed by atoms with Crippen molar-refractivity contribution in [3.63, 3.8) is 0 Å². The second kappa shape index (κ2) is 3.31. The third kappa shape index (κ3) is 1.58. The van der Waals surface area contributed by atoms with Crippen LogP contribution in [-0.2, 0) is 0 Å². The van der Waals surface area contributed by atoms with Crippen molar-refractivity contribution in [3.05, 3.63) is 33.1 Å². The minimum Gasteiger partial charge on any atom is -0.398 e. The average Bonchev–Trinajstić information content (AvgIpc) is 2.12. The van der Waals surface area contributed by atoms with Crippen LogP contribution in [0.15, 0.2) is 24.4 Å². The van der Waals surface area contributed by atoms with Crippen molar-refractivity contribution in [1.29, 1.82) is 0 Å². The number of halogens is 2. The quantitative estimate of drug-likeness (QED) is 0.461. The van der Waals surface area contributed by atoms with E-state index in [9.17, 15) is 0 Å². The van der Waals surface area contributed by atoms with Gasteiger partial charge in [-0.3, -0.25) is 0 Å². The Morgan fingerprint density at radius 1 is 1.31 bits per heavy atom. The van der Waals surface area contributed by atoms with E-state index in [0.29, 0.717) is 5.15 Å². The highest BCUT2D eigenvalue weighted by Crippen LogP contribution is 2.26. The molecule has 2 aromatic rings. The van der Waals surface area contributed by atoms with Crippen molar-refractivity contribution in [2.24, 2.45) is 0 Å². The number of hydrogen-bond acceptors (Lipinski definition) is 2. The SMILES string of the molecule is Nc1ccc(I)c2cc(Cl)ncc12. The Bertz CT molecular complexity index is 470. The molecule has 0 aliphatic rings. The van der Waals surface area contributed by atoms with E-state index in [1.807, 2.05) is 18.2 Å². The van der Waals surface area contributed by atoms with Crippen LogP contribution in [0.5, 0.6) is 0 Å². The van der Waals surface area contributed by atoms with E-state index in [2.05, 4.69) is 27.6 Å². The molecule has 0 radical (unpaired) electrons. The monoisotopic (exact) mass is 304 g/mol. The molecule has 2 N–H and O–H groups in total. The van der Waals surface area contributed by atoms with E-state index < -0.39 is 0 Å². The number of nitrogens with zero attached hydrogens (tertiary/aromatic N) is 1. The Labute approximate surface area is 94.2 Å². The summed E-state index contributed by atoms with van der Waals surface area (Å²) in [7, 11) is 0. The molecule has 0 saturated heterocycles. The lowest BCUT2D eigenvalue weighted by atomic mass is 10.1. The molecule has 0 amide bonds. The smallest absolute Gasteiger partial charge is 0.129 e. The highest BCUT2D eigenvalue weighted by Gasteiger charge is 2.02. The number of pyridine rings is 1. The molecule has 4 heteroatoms. The summed E-state index contributed by atoms with van der Waals surface area (Å²) in [6, 6.07) is 5.67. The fraction of sp³-hybridized carbons (Fsp3) is 0. The van der Waals surface area contributed by atoms with Gasteiger partial charge in [-0.05, 0) is 40.8 Å². The first kappa shape index (κ1) is 9.02. The van der Waals surface area contributed by atoms with Crippen LogP contribution in [-0.4, -0.2) is 4.98 Å². The van der Waals surface area contributed by atoms with E-state index in [0.717, 1.165) is 20.0 Å². The highest BCUT2D eigenvalue weighted by molar-refractivity contribution is 14.1. The van der Waals surface area contributed by atoms with Gasteiger partial charge in [0.2, 0.25) is 0 Å². The molecule has 0 aliphatic heterocycles. The molecule has 13 heavy (non-hydrogen) atoms. The summed E-state index contributed by atoms with van der Waals surface area (Å²) < 4.78 is 1.13. The van der Waals surface area contributed by atoms with Crippen molar-refractivity contribution in [2.45, 2.75) is 0 Å². The highest BCUT2D eigenvalue weighted by atomic mass is 127. The maximum Gasteiger partial charge on any atom is 0.129 e. The molecule has 0 fully saturated rings. The number of rotatable bonds is 0. The van der Waals surface area contributed by atoms with Crippen molar-refractivity contribution in [3.8, 4) is 0 Å². The van der Waals surface area contributed by atoms with E-state index in [1.54, 1.807) is 6.20 Å². The van der Waals surface area contributed by atoms with Crippen LogP contribution in [0.4, 0.5) is 5.69 Å². The Hall–Kier alpha value is -0.550. The van der Waals surface area contributed by atoms with Gasteiger partial charge in [-0.2, -0.15) is 0 Å². The minimum absolute atomic E-state index is 0.496. The van der Waals surface area contributed by atoms with Crippen molar-refractivity contribution < 1.29 is 0 Å². The van der Waals surface area contributed by atoms with Gasteiger partial charge < -0.3 is 5.73 Å². The van der Waals surface area contributed by atoms with Crippen LogP contribution in [0.25, 0.3) is 10.8 Å². The van der Waals surface area contributed by atoms with E-state index in [1.165, 1.54) is 0 Å². The second-order valence-corrected chi connectivity index (χ2v) is 4.24. The fourth-order valence-corrected chi connectivity index (χ4v) is 1.98. The Morgan fingerprint density at radius 2 is 2.08 bits per heavy atom. The molecule has 0 aliphatic carbocycles. The summed E-state index contributed by atoms with van der Waals surface area (Å²) in [5.41, 5.74) is 6.52. The lowest BCUT2D eigenvalue weighted by Gasteiger charge is -2.03. The maximum absolute atomic E-state index is 5.79. The third-order valence-corrected chi connectivity index (χ3v) is 3.00. The molecule has 0 spiro atoms. The summed E-state index contributed by atoms with van der Waals surface area (Å²) in [5, 5.41) is 2.51. The first-order valence-electron chi connectivity index (χ1n) is 3.68. The molecule has 0 saturated carbocycles. The van der Waals surface area contributed by atoms with Crippen LogP contribution in [0.1, 0.15) is 0 Å². The predicted octanol–water partition coefficient (Wildman–Crippen LogP) is 3.08. The van der Waals surface area contributed by atoms with Crippen molar-refractivity contribution >= 4 is 50.7 Å². The Balaban J connectivity index is 2.92. The molecule has 66 valence electrons. The molecule has 0 atom stereocenters. The molecule has 1 aromatic heterocycles. The van der Waals surface area contributed by atoms with E-state index >= 15 is 0 Å². The summed E-state index contributed by atoms with van der Waals surface area (Å²) in [5.74, 6) is 0. The molecule has 2 rings (SSSR count).